The maximum Gasteiger partial charge on any atom is 1.00 e. The predicted molar refractivity (Wildman–Crippen MR) is 5.40 cm³/mol. The Kier molecular flexibility index (Phi) is 54.1. The Morgan fingerprint density at radius 2 is 1.14 bits per heavy atom. The van der Waals surface area contributed by atoms with E-state index in [1.54, 1.807) is 0 Å². The molecule has 0 aliphatic carbocycles. The van der Waals surface area contributed by atoms with Crippen LogP contribution in [0.4, 0.5) is 4.79 Å². The molecule has 0 N–H and O–H groups in total. The van der Waals surface area contributed by atoms with Gasteiger partial charge in [-0.25, -0.2) is 0 Å². The van der Waals surface area contributed by atoms with Gasteiger partial charge in [0.25, 0.3) is 0 Å². The van der Waals surface area contributed by atoms with Crippen molar-refractivity contribution < 1.29 is 74.4 Å². The fourth-order valence-electron chi connectivity index (χ4n) is 0. The normalized spacial score (nSPS) is 3.43. The van der Waals surface area contributed by atoms with Gasteiger partial charge < -0.3 is 15.0 Å². The molecule has 0 bridgehead atoms. The van der Waals surface area contributed by atoms with Crippen LogP contribution >= 0.6 is 0 Å². The van der Waals surface area contributed by atoms with E-state index in [2.05, 4.69) is 0 Å². The minimum Gasteiger partial charge on any atom is -0.652 e. The third-order valence-corrected chi connectivity index (χ3v) is 0. The third kappa shape index (κ3) is 139. The van der Waals surface area contributed by atoms with Gasteiger partial charge in [-0.3, -0.25) is 0 Å². The molecule has 0 aromatic carbocycles. The van der Waals surface area contributed by atoms with Crippen molar-refractivity contribution in [3.8, 4) is 0 Å². The monoisotopic (exact) mass is 122 g/mol. The smallest absolute Gasteiger partial charge is 0.652 e. The molecule has 0 aromatic heterocycles. The number of hydrogen-bond acceptors (Lipinski definition) is 3. The van der Waals surface area contributed by atoms with Crippen molar-refractivity contribution >= 4 is 6.16 Å². The van der Waals surface area contributed by atoms with E-state index < -0.39 is 6.16 Å². The summed E-state index contributed by atoms with van der Waals surface area (Å²) in [5, 5.41) is 16.7. The molecule has 0 aromatic rings. The third-order valence-electron chi connectivity index (χ3n) is 0. The maximum absolute atomic E-state index is 8.33. The largest absolute Gasteiger partial charge is 1.00 e. The second kappa shape index (κ2) is 15.7. The van der Waals surface area contributed by atoms with Gasteiger partial charge in [0.15, 0.2) is 0 Å². The first-order valence-electron chi connectivity index (χ1n) is 0.612. The molecule has 0 amide bonds. The number of carboxylic acid groups (broad SMARTS) is 2. The summed E-state index contributed by atoms with van der Waals surface area (Å²) in [6, 6.07) is 0. The summed E-state index contributed by atoms with van der Waals surface area (Å²) in [5.41, 5.74) is 0. The van der Waals surface area contributed by atoms with Crippen LogP contribution in [0.1, 0.15) is 0 Å². The summed E-state index contributed by atoms with van der Waals surface area (Å²) in [5.74, 6) is 0. The van der Waals surface area contributed by atoms with Gasteiger partial charge in [-0.05, 0) is 6.16 Å². The van der Waals surface area contributed by atoms with E-state index in [0.717, 1.165) is 0 Å². The van der Waals surface area contributed by atoms with Crippen molar-refractivity contribution in [3.63, 3.8) is 0 Å². The van der Waals surface area contributed by atoms with E-state index in [1.807, 2.05) is 0 Å². The summed E-state index contributed by atoms with van der Waals surface area (Å²) < 4.78 is 0. The molecule has 0 aliphatic rings. The Labute approximate surface area is 80.1 Å². The Hall–Kier alpha value is 1.18. The van der Waals surface area contributed by atoms with Crippen molar-refractivity contribution in [3.05, 3.63) is 0 Å². The summed E-state index contributed by atoms with van der Waals surface area (Å²) in [7, 11) is 0. The molecule has 3 nitrogen and oxygen atoms in total. The molecule has 0 saturated heterocycles. The quantitative estimate of drug-likeness (QED) is 0.299. The van der Waals surface area contributed by atoms with Crippen LogP contribution in [0.2, 0.25) is 0 Å². The summed E-state index contributed by atoms with van der Waals surface area (Å²) in [6.07, 6.45) is -2.33. The molecule has 0 atom stereocenters. The van der Waals surface area contributed by atoms with E-state index in [4.69, 9.17) is 15.0 Å². The zero-order valence-corrected chi connectivity index (χ0v) is 5.79. The fraction of sp³-hybridized carbons (Fsp3) is 0. The Morgan fingerprint density at radius 3 is 1.14 bits per heavy atom. The van der Waals surface area contributed by atoms with E-state index in [0.29, 0.717) is 0 Å². The average Bonchev–Trinajstić information content (AvgIpc) is 0.811. The van der Waals surface area contributed by atoms with Gasteiger partial charge in [-0.2, -0.15) is 0 Å². The first-order valence-corrected chi connectivity index (χ1v) is 0.612. The zero-order valence-electron chi connectivity index (χ0n) is 4.22. The minimum atomic E-state index is -2.33. The SMILES string of the molecule is O=C([O-])[O-].[Li+].[Li+].[Ti]. The van der Waals surface area contributed by atoms with Crippen LogP contribution in [0.25, 0.3) is 0 Å². The van der Waals surface area contributed by atoms with Gasteiger partial charge in [0.1, 0.15) is 0 Å². The van der Waals surface area contributed by atoms with E-state index >= 15 is 0 Å². The van der Waals surface area contributed by atoms with Crippen LogP contribution < -0.4 is 47.9 Å². The molecule has 0 spiro atoms. The van der Waals surface area contributed by atoms with Crippen LogP contribution in [0.5, 0.6) is 0 Å². The van der Waals surface area contributed by atoms with Crippen molar-refractivity contribution in [2.75, 3.05) is 0 Å². The van der Waals surface area contributed by atoms with Crippen molar-refractivity contribution in [1.29, 1.82) is 0 Å². The average molecular weight is 122 g/mol. The molecule has 0 fully saturated rings. The molecule has 0 radical (unpaired) electrons. The molecular formula is CLi2O3Ti. The van der Waals surface area contributed by atoms with Crippen LogP contribution in [-0.2, 0) is 21.7 Å². The molecule has 0 aliphatic heterocycles. The number of hydrogen-bond donors (Lipinski definition) is 0. The summed E-state index contributed by atoms with van der Waals surface area (Å²) in [4.78, 5) is 8.33. The van der Waals surface area contributed by atoms with Crippen LogP contribution in [0, 0.1) is 0 Å². The van der Waals surface area contributed by atoms with Crippen LogP contribution in [0.3, 0.4) is 0 Å². The second-order valence-electron chi connectivity index (χ2n) is 0.250. The number of rotatable bonds is 0. The van der Waals surface area contributed by atoms with Gasteiger partial charge >= 0.3 is 37.7 Å². The zero-order chi connectivity index (χ0) is 3.58. The number of carbonyl (C=O) groups is 1. The first kappa shape index (κ1) is 24.1. The standard InChI is InChI=1S/CH2O3.2Li.Ti/c2-1(3)4;;;/h(H2,2,3,4);;;/q;2*+1;/p-2. The van der Waals surface area contributed by atoms with Gasteiger partial charge in [0.05, 0.1) is 0 Å². The van der Waals surface area contributed by atoms with Gasteiger partial charge in [0.2, 0.25) is 0 Å². The van der Waals surface area contributed by atoms with Crippen molar-refractivity contribution in [2.45, 2.75) is 0 Å². The fourth-order valence-corrected chi connectivity index (χ4v) is 0. The maximum atomic E-state index is 8.33. The van der Waals surface area contributed by atoms with Gasteiger partial charge in [0, 0.05) is 21.7 Å². The Bertz CT molecular complexity index is 35.9. The van der Waals surface area contributed by atoms with Crippen LogP contribution in [0.15, 0.2) is 0 Å². The van der Waals surface area contributed by atoms with Crippen LogP contribution in [-0.4, -0.2) is 6.16 Å². The molecule has 0 saturated carbocycles. The predicted octanol–water partition coefficient (Wildman–Crippen LogP) is -8.44. The summed E-state index contributed by atoms with van der Waals surface area (Å²) >= 11 is 0. The Morgan fingerprint density at radius 1 is 1.14 bits per heavy atom. The van der Waals surface area contributed by atoms with E-state index in [1.165, 1.54) is 0 Å². The molecule has 7 heavy (non-hydrogen) atoms. The number of carbonyl (C=O) groups excluding carboxylic acids is 1. The molecule has 28 valence electrons. The molecular weight excluding hydrogens is 122 g/mol. The summed E-state index contributed by atoms with van der Waals surface area (Å²) in [6.45, 7) is 0. The minimum absolute atomic E-state index is 0. The van der Waals surface area contributed by atoms with Gasteiger partial charge in [-0.1, -0.05) is 0 Å². The molecule has 0 unspecified atom stereocenters. The van der Waals surface area contributed by atoms with Crippen molar-refractivity contribution in [2.24, 2.45) is 0 Å². The van der Waals surface area contributed by atoms with Crippen molar-refractivity contribution in [1.82, 2.24) is 0 Å². The first-order chi connectivity index (χ1) is 1.73. The van der Waals surface area contributed by atoms with E-state index in [-0.39, 0.29) is 59.4 Å². The topological polar surface area (TPSA) is 63.2 Å². The van der Waals surface area contributed by atoms with E-state index in [9.17, 15) is 0 Å². The molecule has 0 rings (SSSR count). The molecule has 6 heteroatoms. The van der Waals surface area contributed by atoms with Gasteiger partial charge in [-0.15, -0.1) is 0 Å². The second-order valence-corrected chi connectivity index (χ2v) is 0.250. The Balaban J connectivity index is -0.0000000150. The molecule has 0 heterocycles.